The Kier molecular flexibility index (Phi) is 5.90. The van der Waals surface area contributed by atoms with Gasteiger partial charge in [0.05, 0.1) is 13.2 Å². The van der Waals surface area contributed by atoms with E-state index in [2.05, 4.69) is 9.68 Å². The molecule has 13 nitrogen and oxygen atoms in total. The summed E-state index contributed by atoms with van der Waals surface area (Å²) in [6, 6.07) is 6.44. The Morgan fingerprint density at radius 3 is 2.66 bits per heavy atom. The average molecular weight is 469 g/mol. The summed E-state index contributed by atoms with van der Waals surface area (Å²) in [5.74, 6) is 0. The van der Waals surface area contributed by atoms with Gasteiger partial charge in [-0.3, -0.25) is 18.5 Å². The normalized spacial score (nSPS) is 23.8. The topological polar surface area (TPSA) is 186 Å². The van der Waals surface area contributed by atoms with Gasteiger partial charge in [0.1, 0.15) is 24.0 Å². The fourth-order valence-corrected chi connectivity index (χ4v) is 3.84. The zero-order valence-corrected chi connectivity index (χ0v) is 17.5. The molecule has 32 heavy (non-hydrogen) atoms. The van der Waals surface area contributed by atoms with Gasteiger partial charge in [-0.25, -0.2) is 9.36 Å². The van der Waals surface area contributed by atoms with Crippen molar-refractivity contribution in [3.63, 3.8) is 0 Å². The molecule has 14 heteroatoms. The molecule has 172 valence electrons. The van der Waals surface area contributed by atoms with Gasteiger partial charge in [0.2, 0.25) is 0 Å². The average Bonchev–Trinajstić information content (AvgIpc) is 3.24. The number of aliphatic hydroxyl groups is 2. The maximum atomic E-state index is 13.0. The Morgan fingerprint density at radius 1 is 1.19 bits per heavy atom. The van der Waals surface area contributed by atoms with Crippen LogP contribution in [0.4, 0.5) is 0 Å². The highest BCUT2D eigenvalue weighted by Gasteiger charge is 2.45. The largest absolute Gasteiger partial charge is 0.469 e. The number of fused-ring (bicyclic) bond motifs is 1. The van der Waals surface area contributed by atoms with Gasteiger partial charge in [0.15, 0.2) is 11.8 Å². The van der Waals surface area contributed by atoms with Crippen molar-refractivity contribution < 1.29 is 38.3 Å². The number of phosphoric ester groups is 1. The second-order valence-electron chi connectivity index (χ2n) is 7.39. The monoisotopic (exact) mass is 469 g/mol. The van der Waals surface area contributed by atoms with Crippen molar-refractivity contribution in [3.8, 4) is 0 Å². The summed E-state index contributed by atoms with van der Waals surface area (Å²) >= 11 is 0. The zero-order chi connectivity index (χ0) is 23.2. The highest BCUT2D eigenvalue weighted by atomic mass is 31.2. The van der Waals surface area contributed by atoms with Crippen LogP contribution in [0.3, 0.4) is 0 Å². The zero-order valence-electron chi connectivity index (χ0n) is 16.6. The minimum absolute atomic E-state index is 0.218. The third-order valence-corrected chi connectivity index (χ3v) is 5.61. The number of hydrogen-bond donors (Lipinski definition) is 4. The summed E-state index contributed by atoms with van der Waals surface area (Å²) in [4.78, 5) is 43.0. The molecule has 0 radical (unpaired) electrons. The van der Waals surface area contributed by atoms with E-state index in [1.807, 2.05) is 13.0 Å². The molecule has 0 amide bonds. The molecule has 3 aromatic rings. The Bertz CT molecular complexity index is 1310. The minimum Gasteiger partial charge on any atom is -0.387 e. The number of hydrogen-bond acceptors (Lipinski definition) is 9. The molecule has 1 aromatic carbocycles. The number of aliphatic hydroxyl groups excluding tert-OH is 2. The molecule has 0 spiro atoms. The molecule has 4 atom stereocenters. The molecular weight excluding hydrogens is 449 g/mol. The Morgan fingerprint density at radius 2 is 1.94 bits per heavy atom. The van der Waals surface area contributed by atoms with Gasteiger partial charge in [0.25, 0.3) is 5.56 Å². The van der Waals surface area contributed by atoms with Crippen molar-refractivity contribution in [2.75, 3.05) is 6.61 Å². The first-order valence-corrected chi connectivity index (χ1v) is 11.0. The molecule has 0 unspecified atom stereocenters. The lowest BCUT2D eigenvalue weighted by Crippen LogP contribution is -2.43. The molecule has 0 bridgehead atoms. The van der Waals surface area contributed by atoms with Crippen LogP contribution in [0.5, 0.6) is 0 Å². The lowest BCUT2D eigenvalue weighted by molar-refractivity contribution is -0.0548. The third kappa shape index (κ3) is 4.32. The van der Waals surface area contributed by atoms with Crippen LogP contribution in [-0.2, 0) is 20.4 Å². The van der Waals surface area contributed by atoms with Gasteiger partial charge in [-0.2, -0.15) is 0 Å². The van der Waals surface area contributed by atoms with Gasteiger partial charge in [-0.15, -0.1) is 0 Å². The van der Waals surface area contributed by atoms with Gasteiger partial charge in [0, 0.05) is 17.6 Å². The van der Waals surface area contributed by atoms with Crippen molar-refractivity contribution >= 4 is 18.8 Å². The molecule has 1 aliphatic rings. The number of benzene rings is 1. The van der Waals surface area contributed by atoms with Crippen molar-refractivity contribution in [2.45, 2.75) is 38.0 Å². The maximum Gasteiger partial charge on any atom is 0.469 e. The van der Waals surface area contributed by atoms with Gasteiger partial charge in [-0.1, -0.05) is 11.2 Å². The molecule has 2 aromatic heterocycles. The summed E-state index contributed by atoms with van der Waals surface area (Å²) in [7, 11) is -4.84. The molecule has 1 aliphatic heterocycles. The van der Waals surface area contributed by atoms with Crippen LogP contribution in [0.2, 0.25) is 0 Å². The van der Waals surface area contributed by atoms with Crippen molar-refractivity contribution in [3.05, 3.63) is 62.6 Å². The lowest BCUT2D eigenvalue weighted by Gasteiger charge is -2.18. The Labute approximate surface area is 179 Å². The predicted molar refractivity (Wildman–Crippen MR) is 107 cm³/mol. The van der Waals surface area contributed by atoms with E-state index in [0.717, 1.165) is 27.0 Å². The van der Waals surface area contributed by atoms with E-state index in [9.17, 15) is 24.4 Å². The fourth-order valence-electron chi connectivity index (χ4n) is 3.50. The third-order valence-electron chi connectivity index (χ3n) is 5.12. The molecule has 4 N–H and O–H groups in total. The van der Waals surface area contributed by atoms with Crippen LogP contribution in [0, 0.1) is 6.92 Å². The van der Waals surface area contributed by atoms with Gasteiger partial charge in [-0.05, 0) is 24.6 Å². The number of nitrogens with zero attached hydrogens (tertiary/aromatic N) is 3. The summed E-state index contributed by atoms with van der Waals surface area (Å²) in [5.41, 5.74) is 0.299. The van der Waals surface area contributed by atoms with E-state index in [-0.39, 0.29) is 6.54 Å². The van der Waals surface area contributed by atoms with E-state index in [4.69, 9.17) is 19.0 Å². The number of rotatable bonds is 6. The van der Waals surface area contributed by atoms with E-state index in [1.165, 1.54) is 0 Å². The highest BCUT2D eigenvalue weighted by molar-refractivity contribution is 7.46. The first-order valence-electron chi connectivity index (χ1n) is 9.44. The predicted octanol–water partition coefficient (Wildman–Crippen LogP) is -0.764. The molecule has 4 rings (SSSR count). The number of aryl methyl sites for hydroxylation is 1. The standard InChI is InChI=1S/C18H20N3O10P/c1-9-2-3-10-11(19-31-12(10)6-9)7-21-14(22)4-5-20(18(21)25)17-16(24)15(23)13(30-17)8-29-32(26,27)28/h2-6,13,15-17,23-24H,7-8H2,1H3,(H2,26,27,28)/t13-,15+,16+,17-/m1/s1. The van der Waals surface area contributed by atoms with Crippen LogP contribution in [0.1, 0.15) is 17.5 Å². The number of aromatic nitrogens is 3. The van der Waals surface area contributed by atoms with Crippen LogP contribution in [-0.4, -0.2) is 59.2 Å². The Hall–Kier alpha value is -2.64. The molecular formula is C18H20N3O10P. The maximum absolute atomic E-state index is 13.0. The van der Waals surface area contributed by atoms with Crippen LogP contribution < -0.4 is 11.2 Å². The van der Waals surface area contributed by atoms with Gasteiger partial charge >= 0.3 is 13.5 Å². The molecule has 1 saturated heterocycles. The van der Waals surface area contributed by atoms with Crippen LogP contribution >= 0.6 is 7.82 Å². The highest BCUT2D eigenvalue weighted by Crippen LogP contribution is 2.38. The van der Waals surface area contributed by atoms with Gasteiger partial charge < -0.3 is 29.3 Å². The van der Waals surface area contributed by atoms with E-state index in [0.29, 0.717) is 16.7 Å². The van der Waals surface area contributed by atoms with E-state index >= 15 is 0 Å². The Balaban J connectivity index is 1.64. The fraction of sp³-hybridized carbons (Fsp3) is 0.389. The molecule has 0 aliphatic carbocycles. The first kappa shape index (κ1) is 22.6. The van der Waals surface area contributed by atoms with Crippen molar-refractivity contribution in [1.29, 1.82) is 0 Å². The summed E-state index contributed by atoms with van der Waals surface area (Å²) in [5, 5.41) is 25.0. The smallest absolute Gasteiger partial charge is 0.387 e. The second-order valence-corrected chi connectivity index (χ2v) is 8.63. The van der Waals surface area contributed by atoms with Crippen molar-refractivity contribution in [1.82, 2.24) is 14.3 Å². The van der Waals surface area contributed by atoms with Crippen LogP contribution in [0.25, 0.3) is 11.0 Å². The minimum atomic E-state index is -4.84. The molecule has 3 heterocycles. The molecule has 1 fully saturated rings. The van der Waals surface area contributed by atoms with E-state index in [1.54, 1.807) is 12.1 Å². The summed E-state index contributed by atoms with van der Waals surface area (Å²) in [6.07, 6.45) is -4.87. The summed E-state index contributed by atoms with van der Waals surface area (Å²) < 4.78 is 27.6. The SMILES string of the molecule is Cc1ccc2c(Cn3c(=O)ccn([C@@H]4O[C@H](COP(=O)(O)O)[C@H](O)[C@@H]4O)c3=O)noc2c1. The van der Waals surface area contributed by atoms with E-state index < -0.39 is 50.2 Å². The second kappa shape index (κ2) is 8.37. The quantitative estimate of drug-likeness (QED) is 0.332. The van der Waals surface area contributed by atoms with Crippen LogP contribution in [0.15, 0.2) is 44.6 Å². The lowest BCUT2D eigenvalue weighted by atomic mass is 10.1. The molecule has 0 saturated carbocycles. The number of phosphoric acid groups is 1. The summed E-state index contributed by atoms with van der Waals surface area (Å²) in [6.45, 7) is 0.934. The van der Waals surface area contributed by atoms with Crippen molar-refractivity contribution in [2.24, 2.45) is 0 Å². The number of ether oxygens (including phenoxy) is 1. The first-order chi connectivity index (χ1) is 15.0.